The maximum atomic E-state index is 5.91. The van der Waals surface area contributed by atoms with Gasteiger partial charge in [0, 0.05) is 5.02 Å². The largest absolute Gasteiger partial charge is 0.316 e. The van der Waals surface area contributed by atoms with Crippen molar-refractivity contribution in [2.45, 2.75) is 25.7 Å². The quantitative estimate of drug-likeness (QED) is 0.828. The molecular weight excluding hydrogens is 206 g/mol. The van der Waals surface area contributed by atoms with Gasteiger partial charge in [0.2, 0.25) is 0 Å². The number of halogens is 1. The van der Waals surface area contributed by atoms with Crippen LogP contribution in [0.2, 0.25) is 5.02 Å². The third-order valence-electron chi connectivity index (χ3n) is 3.41. The summed E-state index contributed by atoms with van der Waals surface area (Å²) >= 11 is 5.91. The predicted octanol–water partition coefficient (Wildman–Crippen LogP) is 3.44. The summed E-state index contributed by atoms with van der Waals surface area (Å²) in [4.78, 5) is 0. The molecule has 1 aromatic carbocycles. The van der Waals surface area contributed by atoms with Crippen molar-refractivity contribution in [2.24, 2.45) is 5.92 Å². The van der Waals surface area contributed by atoms with Crippen LogP contribution in [0.1, 0.15) is 31.2 Å². The van der Waals surface area contributed by atoms with E-state index in [9.17, 15) is 0 Å². The Balaban J connectivity index is 2.14. The van der Waals surface area contributed by atoms with Gasteiger partial charge in [-0.2, -0.15) is 0 Å². The van der Waals surface area contributed by atoms with Gasteiger partial charge in [-0.15, -0.1) is 0 Å². The zero-order valence-corrected chi connectivity index (χ0v) is 9.93. The highest BCUT2D eigenvalue weighted by Gasteiger charge is 2.24. The van der Waals surface area contributed by atoms with Gasteiger partial charge in [-0.25, -0.2) is 0 Å². The Morgan fingerprint density at radius 1 is 1.40 bits per heavy atom. The molecule has 82 valence electrons. The lowest BCUT2D eigenvalue weighted by molar-refractivity contribution is 0.446. The molecule has 0 amide bonds. The number of hydrogen-bond donors (Lipinski definition) is 1. The van der Waals surface area contributed by atoms with E-state index in [2.05, 4.69) is 24.4 Å². The fourth-order valence-corrected chi connectivity index (χ4v) is 2.70. The molecule has 0 aliphatic carbocycles. The minimum atomic E-state index is 0.692. The minimum absolute atomic E-state index is 0.692. The fourth-order valence-electron chi connectivity index (χ4n) is 2.57. The third-order valence-corrected chi connectivity index (χ3v) is 3.66. The standard InChI is InChI=1S/C13H18ClN/c1-2-13(11-7-8-15-9-11)10-3-5-12(14)6-4-10/h3-6,11,13,15H,2,7-9H2,1H3. The van der Waals surface area contributed by atoms with Crippen LogP contribution in [0.5, 0.6) is 0 Å². The maximum Gasteiger partial charge on any atom is 0.0406 e. The van der Waals surface area contributed by atoms with Gasteiger partial charge >= 0.3 is 0 Å². The molecule has 0 bridgehead atoms. The van der Waals surface area contributed by atoms with E-state index in [0.29, 0.717) is 5.92 Å². The van der Waals surface area contributed by atoms with E-state index in [1.165, 1.54) is 31.5 Å². The first kappa shape index (κ1) is 11.0. The van der Waals surface area contributed by atoms with Gasteiger partial charge in [0.15, 0.2) is 0 Å². The first-order chi connectivity index (χ1) is 7.31. The normalized spacial score (nSPS) is 22.9. The molecule has 2 unspecified atom stereocenters. The van der Waals surface area contributed by atoms with Crippen molar-refractivity contribution in [3.63, 3.8) is 0 Å². The van der Waals surface area contributed by atoms with Gasteiger partial charge < -0.3 is 5.32 Å². The first-order valence-corrected chi connectivity index (χ1v) is 6.15. The Hall–Kier alpha value is -0.530. The second-order valence-electron chi connectivity index (χ2n) is 4.32. The highest BCUT2D eigenvalue weighted by atomic mass is 35.5. The molecule has 1 aliphatic heterocycles. The first-order valence-electron chi connectivity index (χ1n) is 5.77. The average Bonchev–Trinajstić information content (AvgIpc) is 2.75. The molecule has 1 heterocycles. The molecule has 15 heavy (non-hydrogen) atoms. The van der Waals surface area contributed by atoms with E-state index in [4.69, 9.17) is 11.6 Å². The van der Waals surface area contributed by atoms with Crippen molar-refractivity contribution in [1.29, 1.82) is 0 Å². The topological polar surface area (TPSA) is 12.0 Å². The molecule has 1 nitrogen and oxygen atoms in total. The monoisotopic (exact) mass is 223 g/mol. The van der Waals surface area contributed by atoms with Crippen LogP contribution in [0.3, 0.4) is 0 Å². The molecular formula is C13H18ClN. The van der Waals surface area contributed by atoms with Gasteiger partial charge in [-0.1, -0.05) is 30.7 Å². The summed E-state index contributed by atoms with van der Waals surface area (Å²) in [6.45, 7) is 4.62. The lowest BCUT2D eigenvalue weighted by atomic mass is 9.83. The SMILES string of the molecule is CCC(c1ccc(Cl)cc1)C1CCNC1. The number of rotatable bonds is 3. The molecule has 2 rings (SSSR count). The summed E-state index contributed by atoms with van der Waals surface area (Å²) in [5.74, 6) is 1.49. The van der Waals surface area contributed by atoms with Gasteiger partial charge in [0.25, 0.3) is 0 Å². The Bertz CT molecular complexity index is 301. The molecule has 1 aromatic rings. The smallest absolute Gasteiger partial charge is 0.0406 e. The fraction of sp³-hybridized carbons (Fsp3) is 0.538. The molecule has 0 aromatic heterocycles. The van der Waals surface area contributed by atoms with Gasteiger partial charge in [0.1, 0.15) is 0 Å². The number of nitrogens with one attached hydrogen (secondary N) is 1. The van der Waals surface area contributed by atoms with Crippen LogP contribution in [0, 0.1) is 5.92 Å². The summed E-state index contributed by atoms with van der Waals surface area (Å²) in [6.07, 6.45) is 2.52. The van der Waals surface area contributed by atoms with Crippen LogP contribution in [-0.4, -0.2) is 13.1 Å². The molecule has 2 heteroatoms. The maximum absolute atomic E-state index is 5.91. The van der Waals surface area contributed by atoms with Gasteiger partial charge in [-0.05, 0) is 55.5 Å². The Labute approximate surface area is 96.8 Å². The number of hydrogen-bond acceptors (Lipinski definition) is 1. The summed E-state index contributed by atoms with van der Waals surface area (Å²) < 4.78 is 0. The zero-order chi connectivity index (χ0) is 10.7. The molecule has 0 spiro atoms. The molecule has 1 fully saturated rings. The van der Waals surface area contributed by atoms with E-state index in [-0.39, 0.29) is 0 Å². The molecule has 0 saturated carbocycles. The molecule has 1 aliphatic rings. The summed E-state index contributed by atoms with van der Waals surface area (Å²) in [5, 5.41) is 4.27. The van der Waals surface area contributed by atoms with Crippen molar-refractivity contribution in [3.05, 3.63) is 34.9 Å². The van der Waals surface area contributed by atoms with Crippen LogP contribution in [-0.2, 0) is 0 Å². The third kappa shape index (κ3) is 2.53. The Morgan fingerprint density at radius 2 is 2.13 bits per heavy atom. The Kier molecular flexibility index (Phi) is 3.66. The van der Waals surface area contributed by atoms with Crippen LogP contribution < -0.4 is 5.32 Å². The van der Waals surface area contributed by atoms with Crippen LogP contribution in [0.4, 0.5) is 0 Å². The lowest BCUT2D eigenvalue weighted by Crippen LogP contribution is -2.15. The van der Waals surface area contributed by atoms with Crippen LogP contribution in [0.25, 0.3) is 0 Å². The summed E-state index contributed by atoms with van der Waals surface area (Å²) in [6, 6.07) is 8.35. The zero-order valence-electron chi connectivity index (χ0n) is 9.17. The highest BCUT2D eigenvalue weighted by Crippen LogP contribution is 2.32. The second-order valence-corrected chi connectivity index (χ2v) is 4.76. The van der Waals surface area contributed by atoms with Crippen LogP contribution >= 0.6 is 11.6 Å². The van der Waals surface area contributed by atoms with E-state index in [1.54, 1.807) is 0 Å². The predicted molar refractivity (Wildman–Crippen MR) is 65.5 cm³/mol. The Morgan fingerprint density at radius 3 is 2.67 bits per heavy atom. The molecule has 1 N–H and O–H groups in total. The van der Waals surface area contributed by atoms with Crippen LogP contribution in [0.15, 0.2) is 24.3 Å². The second kappa shape index (κ2) is 5.00. The van der Waals surface area contributed by atoms with Gasteiger partial charge in [0.05, 0.1) is 0 Å². The van der Waals surface area contributed by atoms with E-state index < -0.39 is 0 Å². The molecule has 2 atom stereocenters. The van der Waals surface area contributed by atoms with E-state index in [0.717, 1.165) is 10.9 Å². The van der Waals surface area contributed by atoms with E-state index in [1.807, 2.05) is 12.1 Å². The highest BCUT2D eigenvalue weighted by molar-refractivity contribution is 6.30. The molecule has 1 saturated heterocycles. The van der Waals surface area contributed by atoms with Gasteiger partial charge in [-0.3, -0.25) is 0 Å². The van der Waals surface area contributed by atoms with Crippen molar-refractivity contribution in [1.82, 2.24) is 5.32 Å². The minimum Gasteiger partial charge on any atom is -0.316 e. The van der Waals surface area contributed by atoms with E-state index >= 15 is 0 Å². The van der Waals surface area contributed by atoms with Crippen molar-refractivity contribution in [2.75, 3.05) is 13.1 Å². The average molecular weight is 224 g/mol. The summed E-state index contributed by atoms with van der Waals surface area (Å²) in [7, 11) is 0. The molecule has 0 radical (unpaired) electrons. The number of benzene rings is 1. The summed E-state index contributed by atoms with van der Waals surface area (Å²) in [5.41, 5.74) is 1.44. The lowest BCUT2D eigenvalue weighted by Gasteiger charge is -2.21. The van der Waals surface area contributed by atoms with Crippen molar-refractivity contribution < 1.29 is 0 Å². The van der Waals surface area contributed by atoms with Crippen molar-refractivity contribution in [3.8, 4) is 0 Å². The van der Waals surface area contributed by atoms with Crippen molar-refractivity contribution >= 4 is 11.6 Å².